The zero-order chi connectivity index (χ0) is 13.1. The third-order valence-corrected chi connectivity index (χ3v) is 3.17. The monoisotopic (exact) mass is 262 g/mol. The molecule has 0 aliphatic carbocycles. The van der Waals surface area contributed by atoms with Gasteiger partial charge in [-0.25, -0.2) is 0 Å². The van der Waals surface area contributed by atoms with Crippen LogP contribution in [0.2, 0.25) is 0 Å². The first-order chi connectivity index (χ1) is 8.67. The van der Waals surface area contributed by atoms with Crippen LogP contribution in [0.4, 0.5) is 5.69 Å². The van der Waals surface area contributed by atoms with E-state index in [0.717, 1.165) is 11.4 Å². The number of ether oxygens (including phenoxy) is 1. The molecule has 1 aliphatic heterocycles. The Morgan fingerprint density at radius 1 is 1.56 bits per heavy atom. The molecular formula is C13H14N2O2S. The SMILES string of the molecule is C=CCN1C(=O)CN(c2cccc(OC)c2)C1=S. The van der Waals surface area contributed by atoms with Crippen LogP contribution >= 0.6 is 12.2 Å². The molecule has 0 aromatic heterocycles. The predicted octanol–water partition coefficient (Wildman–Crippen LogP) is 1.81. The number of hydrogen-bond donors (Lipinski definition) is 0. The number of amides is 1. The lowest BCUT2D eigenvalue weighted by Gasteiger charge is -2.19. The fourth-order valence-corrected chi connectivity index (χ4v) is 2.18. The van der Waals surface area contributed by atoms with E-state index in [1.54, 1.807) is 23.0 Å². The number of thiocarbonyl (C=S) groups is 1. The number of methoxy groups -OCH3 is 1. The predicted molar refractivity (Wildman–Crippen MR) is 74.8 cm³/mol. The standard InChI is InChI=1S/C13H14N2O2S/c1-3-7-14-12(16)9-15(13(14)18)10-5-4-6-11(8-10)17-2/h3-6,8H,1,7,9H2,2H3. The molecule has 1 saturated heterocycles. The maximum absolute atomic E-state index is 11.8. The highest BCUT2D eigenvalue weighted by molar-refractivity contribution is 7.80. The van der Waals surface area contributed by atoms with E-state index in [-0.39, 0.29) is 12.5 Å². The number of benzene rings is 1. The van der Waals surface area contributed by atoms with Crippen LogP contribution in [0.5, 0.6) is 5.75 Å². The molecule has 0 N–H and O–H groups in total. The summed E-state index contributed by atoms with van der Waals surface area (Å²) in [6, 6.07) is 7.49. The number of anilines is 1. The summed E-state index contributed by atoms with van der Waals surface area (Å²) in [4.78, 5) is 15.2. The van der Waals surface area contributed by atoms with Crippen molar-refractivity contribution in [1.82, 2.24) is 4.90 Å². The number of carbonyl (C=O) groups is 1. The number of hydrogen-bond acceptors (Lipinski definition) is 3. The number of rotatable bonds is 4. The number of nitrogens with zero attached hydrogens (tertiary/aromatic N) is 2. The molecule has 5 heteroatoms. The highest BCUT2D eigenvalue weighted by atomic mass is 32.1. The van der Waals surface area contributed by atoms with Gasteiger partial charge in [0.25, 0.3) is 0 Å². The average Bonchev–Trinajstić information content (AvgIpc) is 2.67. The Morgan fingerprint density at radius 2 is 2.33 bits per heavy atom. The van der Waals surface area contributed by atoms with Crippen LogP contribution in [0.25, 0.3) is 0 Å². The van der Waals surface area contributed by atoms with Crippen molar-refractivity contribution >= 4 is 28.9 Å². The van der Waals surface area contributed by atoms with E-state index in [2.05, 4.69) is 6.58 Å². The van der Waals surface area contributed by atoms with Gasteiger partial charge in [-0.15, -0.1) is 6.58 Å². The summed E-state index contributed by atoms with van der Waals surface area (Å²) in [5.41, 5.74) is 0.860. The van der Waals surface area contributed by atoms with Crippen LogP contribution in [0.1, 0.15) is 0 Å². The van der Waals surface area contributed by atoms with Crippen LogP contribution < -0.4 is 9.64 Å². The highest BCUT2D eigenvalue weighted by Crippen LogP contribution is 2.25. The Hall–Kier alpha value is -1.88. The van der Waals surface area contributed by atoms with E-state index in [0.29, 0.717) is 11.7 Å². The Bertz CT molecular complexity index is 502. The average molecular weight is 262 g/mol. The van der Waals surface area contributed by atoms with Crippen molar-refractivity contribution in [3.8, 4) is 5.75 Å². The lowest BCUT2D eigenvalue weighted by molar-refractivity contribution is -0.124. The van der Waals surface area contributed by atoms with E-state index in [9.17, 15) is 4.79 Å². The zero-order valence-corrected chi connectivity index (χ0v) is 10.9. The van der Waals surface area contributed by atoms with Gasteiger partial charge in [0.1, 0.15) is 12.3 Å². The van der Waals surface area contributed by atoms with E-state index in [1.807, 2.05) is 24.3 Å². The first-order valence-corrected chi connectivity index (χ1v) is 5.95. The zero-order valence-electron chi connectivity index (χ0n) is 10.1. The van der Waals surface area contributed by atoms with Crippen molar-refractivity contribution < 1.29 is 9.53 Å². The van der Waals surface area contributed by atoms with Crippen molar-refractivity contribution in [2.75, 3.05) is 25.1 Å². The molecule has 4 nitrogen and oxygen atoms in total. The van der Waals surface area contributed by atoms with E-state index in [1.165, 1.54) is 0 Å². The van der Waals surface area contributed by atoms with Gasteiger partial charge in [0.05, 0.1) is 7.11 Å². The fourth-order valence-electron chi connectivity index (χ4n) is 1.83. The summed E-state index contributed by atoms with van der Waals surface area (Å²) >= 11 is 5.31. The van der Waals surface area contributed by atoms with E-state index >= 15 is 0 Å². The highest BCUT2D eigenvalue weighted by Gasteiger charge is 2.32. The van der Waals surface area contributed by atoms with Gasteiger partial charge in [0.2, 0.25) is 5.91 Å². The normalized spacial score (nSPS) is 15.2. The van der Waals surface area contributed by atoms with Gasteiger partial charge in [-0.3, -0.25) is 9.69 Å². The second-order valence-corrected chi connectivity index (χ2v) is 4.23. The van der Waals surface area contributed by atoms with Crippen LogP contribution in [-0.2, 0) is 4.79 Å². The van der Waals surface area contributed by atoms with Crippen LogP contribution in [0, 0.1) is 0 Å². The Morgan fingerprint density at radius 3 is 3.00 bits per heavy atom. The minimum atomic E-state index is -0.0114. The van der Waals surface area contributed by atoms with Crippen molar-refractivity contribution in [3.05, 3.63) is 36.9 Å². The molecule has 0 radical (unpaired) electrons. The molecule has 2 rings (SSSR count). The molecule has 1 heterocycles. The fraction of sp³-hybridized carbons (Fsp3) is 0.231. The van der Waals surface area contributed by atoms with Crippen molar-refractivity contribution in [1.29, 1.82) is 0 Å². The molecule has 0 unspecified atom stereocenters. The molecule has 0 atom stereocenters. The van der Waals surface area contributed by atoms with Gasteiger partial charge in [-0.1, -0.05) is 12.1 Å². The van der Waals surface area contributed by atoms with Crippen molar-refractivity contribution in [3.63, 3.8) is 0 Å². The summed E-state index contributed by atoms with van der Waals surface area (Å²) in [6.07, 6.45) is 1.67. The van der Waals surface area contributed by atoms with Gasteiger partial charge < -0.3 is 9.64 Å². The minimum absolute atomic E-state index is 0.0114. The maximum atomic E-state index is 11.8. The van der Waals surface area contributed by atoms with E-state index in [4.69, 9.17) is 17.0 Å². The summed E-state index contributed by atoms with van der Waals surface area (Å²) in [5, 5.41) is 0.508. The molecule has 0 saturated carbocycles. The van der Waals surface area contributed by atoms with Gasteiger partial charge in [-0.05, 0) is 24.4 Å². The van der Waals surface area contributed by atoms with Gasteiger partial charge in [0.15, 0.2) is 5.11 Å². The minimum Gasteiger partial charge on any atom is -0.497 e. The molecule has 1 aliphatic rings. The second kappa shape index (κ2) is 5.18. The summed E-state index contributed by atoms with van der Waals surface area (Å²) in [6.45, 7) is 4.33. The molecular weight excluding hydrogens is 248 g/mol. The van der Waals surface area contributed by atoms with Crippen molar-refractivity contribution in [2.24, 2.45) is 0 Å². The molecule has 18 heavy (non-hydrogen) atoms. The Labute approximate surface area is 111 Å². The number of carbonyl (C=O) groups excluding carboxylic acids is 1. The smallest absolute Gasteiger partial charge is 0.249 e. The molecule has 1 aromatic rings. The molecule has 0 spiro atoms. The largest absolute Gasteiger partial charge is 0.497 e. The van der Waals surface area contributed by atoms with Gasteiger partial charge in [-0.2, -0.15) is 0 Å². The second-order valence-electron chi connectivity index (χ2n) is 3.86. The third-order valence-electron chi connectivity index (χ3n) is 2.73. The molecule has 1 aromatic carbocycles. The molecule has 0 bridgehead atoms. The van der Waals surface area contributed by atoms with Gasteiger partial charge in [0, 0.05) is 18.3 Å². The summed E-state index contributed by atoms with van der Waals surface area (Å²) < 4.78 is 5.17. The van der Waals surface area contributed by atoms with Gasteiger partial charge >= 0.3 is 0 Å². The lowest BCUT2D eigenvalue weighted by atomic mass is 10.3. The summed E-state index contributed by atoms with van der Waals surface area (Å²) in [7, 11) is 1.61. The molecule has 1 fully saturated rings. The molecule has 94 valence electrons. The summed E-state index contributed by atoms with van der Waals surface area (Å²) in [5.74, 6) is 0.729. The van der Waals surface area contributed by atoms with Crippen LogP contribution in [-0.4, -0.2) is 36.1 Å². The van der Waals surface area contributed by atoms with E-state index < -0.39 is 0 Å². The quantitative estimate of drug-likeness (QED) is 0.612. The topological polar surface area (TPSA) is 32.8 Å². The van der Waals surface area contributed by atoms with Crippen LogP contribution in [0.3, 0.4) is 0 Å². The first-order valence-electron chi connectivity index (χ1n) is 5.54. The molecule has 1 amide bonds. The maximum Gasteiger partial charge on any atom is 0.249 e. The third kappa shape index (κ3) is 2.22. The first kappa shape index (κ1) is 12.6. The Kier molecular flexibility index (Phi) is 3.62. The van der Waals surface area contributed by atoms with Crippen molar-refractivity contribution in [2.45, 2.75) is 0 Å². The lowest BCUT2D eigenvalue weighted by Crippen LogP contribution is -2.32. The van der Waals surface area contributed by atoms with Crippen LogP contribution in [0.15, 0.2) is 36.9 Å². The Balaban J connectivity index is 2.26.